The first kappa shape index (κ1) is 19.4. The molecule has 0 spiro atoms. The van der Waals surface area contributed by atoms with Crippen molar-refractivity contribution >= 4 is 11.6 Å². The van der Waals surface area contributed by atoms with E-state index < -0.39 is 11.1 Å². The summed E-state index contributed by atoms with van der Waals surface area (Å²) in [4.78, 5) is 37.2. The van der Waals surface area contributed by atoms with Gasteiger partial charge in [-0.15, -0.1) is 0 Å². The molecule has 1 aromatic heterocycles. The molecule has 1 amide bonds. The van der Waals surface area contributed by atoms with Gasteiger partial charge in [-0.05, 0) is 37.5 Å². The fourth-order valence-electron chi connectivity index (χ4n) is 3.28. The lowest BCUT2D eigenvalue weighted by atomic mass is 10.1. The number of benzene rings is 2. The first-order valence-corrected chi connectivity index (χ1v) is 9.06. The van der Waals surface area contributed by atoms with E-state index in [1.807, 2.05) is 63.2 Å². The first-order valence-electron chi connectivity index (χ1n) is 9.06. The molecule has 3 rings (SSSR count). The van der Waals surface area contributed by atoms with Gasteiger partial charge in [0, 0.05) is 18.1 Å². The number of anilines is 1. The third kappa shape index (κ3) is 4.28. The summed E-state index contributed by atoms with van der Waals surface area (Å²) in [6.07, 6.45) is 3.01. The van der Waals surface area contributed by atoms with Crippen LogP contribution in [0.2, 0.25) is 0 Å². The lowest BCUT2D eigenvalue weighted by Crippen LogP contribution is -2.42. The summed E-state index contributed by atoms with van der Waals surface area (Å²) >= 11 is 0. The van der Waals surface area contributed by atoms with Crippen molar-refractivity contribution in [1.29, 1.82) is 0 Å². The van der Waals surface area contributed by atoms with Crippen molar-refractivity contribution in [1.82, 2.24) is 9.13 Å². The molecule has 144 valence electrons. The van der Waals surface area contributed by atoms with Gasteiger partial charge in [0.25, 0.3) is 0 Å². The fourth-order valence-corrected chi connectivity index (χ4v) is 3.28. The van der Waals surface area contributed by atoms with E-state index in [2.05, 4.69) is 5.32 Å². The lowest BCUT2D eigenvalue weighted by Gasteiger charge is -2.14. The number of aryl methyl sites for hydroxylation is 3. The Balaban J connectivity index is 1.78. The SMILES string of the molecule is Cc1cc(C)c(NC(=O)Cn2ccn(Cc3ccccc3)c(=O)c2=O)c(C)c1. The van der Waals surface area contributed by atoms with Crippen LogP contribution in [0.4, 0.5) is 5.69 Å². The minimum atomic E-state index is -0.717. The zero-order chi connectivity index (χ0) is 20.3. The molecule has 0 saturated carbocycles. The molecule has 0 aliphatic carbocycles. The number of carbonyl (C=O) groups excluding carboxylic acids is 1. The predicted molar refractivity (Wildman–Crippen MR) is 110 cm³/mol. The second kappa shape index (κ2) is 8.08. The smallest absolute Gasteiger partial charge is 0.316 e. The zero-order valence-corrected chi connectivity index (χ0v) is 16.2. The summed E-state index contributed by atoms with van der Waals surface area (Å²) in [5.41, 5.74) is 3.32. The van der Waals surface area contributed by atoms with Gasteiger partial charge in [0.1, 0.15) is 6.54 Å². The van der Waals surface area contributed by atoms with E-state index >= 15 is 0 Å². The van der Waals surface area contributed by atoms with Crippen molar-refractivity contribution < 1.29 is 4.79 Å². The Kier molecular flexibility index (Phi) is 5.59. The summed E-state index contributed by atoms with van der Waals surface area (Å²) in [6, 6.07) is 13.4. The molecule has 0 atom stereocenters. The van der Waals surface area contributed by atoms with Gasteiger partial charge >= 0.3 is 11.1 Å². The minimum Gasteiger partial charge on any atom is -0.324 e. The third-order valence-corrected chi connectivity index (χ3v) is 4.58. The average Bonchev–Trinajstić information content (AvgIpc) is 2.65. The standard InChI is InChI=1S/C22H23N3O3/c1-15-11-16(2)20(17(3)12-15)23-19(26)14-25-10-9-24(21(27)22(25)28)13-18-7-5-4-6-8-18/h4-12H,13-14H2,1-3H3,(H,23,26). The second-order valence-corrected chi connectivity index (χ2v) is 6.97. The topological polar surface area (TPSA) is 73.1 Å². The van der Waals surface area contributed by atoms with E-state index in [9.17, 15) is 14.4 Å². The van der Waals surface area contributed by atoms with Crippen LogP contribution in [0.15, 0.2) is 64.4 Å². The van der Waals surface area contributed by atoms with E-state index in [1.54, 1.807) is 0 Å². The lowest BCUT2D eigenvalue weighted by molar-refractivity contribution is -0.116. The highest BCUT2D eigenvalue weighted by molar-refractivity contribution is 5.92. The van der Waals surface area contributed by atoms with Crippen molar-refractivity contribution in [2.45, 2.75) is 33.9 Å². The molecule has 3 aromatic rings. The molecule has 0 radical (unpaired) electrons. The summed E-state index contributed by atoms with van der Waals surface area (Å²) in [7, 11) is 0. The van der Waals surface area contributed by atoms with Gasteiger partial charge in [-0.2, -0.15) is 0 Å². The van der Waals surface area contributed by atoms with Crippen LogP contribution >= 0.6 is 0 Å². The van der Waals surface area contributed by atoms with Crippen molar-refractivity contribution in [3.63, 3.8) is 0 Å². The molecule has 0 unspecified atom stereocenters. The van der Waals surface area contributed by atoms with Crippen molar-refractivity contribution in [3.8, 4) is 0 Å². The molecule has 6 nitrogen and oxygen atoms in total. The number of nitrogens with one attached hydrogen (secondary N) is 1. The van der Waals surface area contributed by atoms with E-state index in [1.165, 1.54) is 17.0 Å². The average molecular weight is 377 g/mol. The van der Waals surface area contributed by atoms with Gasteiger partial charge in [-0.1, -0.05) is 48.0 Å². The van der Waals surface area contributed by atoms with E-state index in [-0.39, 0.29) is 12.5 Å². The van der Waals surface area contributed by atoms with E-state index in [4.69, 9.17) is 0 Å². The molecule has 0 aliphatic heterocycles. The molecular weight excluding hydrogens is 354 g/mol. The van der Waals surface area contributed by atoms with Crippen LogP contribution < -0.4 is 16.4 Å². The normalized spacial score (nSPS) is 10.7. The summed E-state index contributed by atoms with van der Waals surface area (Å²) in [5, 5.41) is 2.85. The molecule has 6 heteroatoms. The highest BCUT2D eigenvalue weighted by Crippen LogP contribution is 2.21. The number of carbonyl (C=O) groups is 1. The maximum atomic E-state index is 12.4. The molecule has 0 aliphatic rings. The Morgan fingerprint density at radius 1 is 0.893 bits per heavy atom. The van der Waals surface area contributed by atoms with Gasteiger partial charge < -0.3 is 9.88 Å². The van der Waals surface area contributed by atoms with Crippen LogP contribution in [-0.4, -0.2) is 15.0 Å². The Bertz CT molecular complexity index is 1100. The van der Waals surface area contributed by atoms with Crippen LogP contribution in [0, 0.1) is 20.8 Å². The third-order valence-electron chi connectivity index (χ3n) is 4.58. The maximum Gasteiger partial charge on any atom is 0.316 e. The maximum absolute atomic E-state index is 12.4. The van der Waals surface area contributed by atoms with Gasteiger partial charge in [-0.3, -0.25) is 19.0 Å². The van der Waals surface area contributed by atoms with Gasteiger partial charge in [0.2, 0.25) is 5.91 Å². The number of nitrogens with zero attached hydrogens (tertiary/aromatic N) is 2. The molecule has 0 fully saturated rings. The van der Waals surface area contributed by atoms with Crippen molar-refractivity contribution in [3.05, 3.63) is 97.8 Å². The quantitative estimate of drug-likeness (QED) is 0.695. The van der Waals surface area contributed by atoms with Gasteiger partial charge in [-0.25, -0.2) is 0 Å². The molecule has 0 saturated heterocycles. The zero-order valence-electron chi connectivity index (χ0n) is 16.2. The van der Waals surface area contributed by atoms with E-state index in [0.717, 1.165) is 32.5 Å². The van der Waals surface area contributed by atoms with Crippen molar-refractivity contribution in [2.24, 2.45) is 0 Å². The van der Waals surface area contributed by atoms with Crippen LogP contribution in [0.1, 0.15) is 22.3 Å². The summed E-state index contributed by atoms with van der Waals surface area (Å²) in [6.45, 7) is 5.94. The van der Waals surface area contributed by atoms with Gasteiger partial charge in [0.05, 0.1) is 6.54 Å². The van der Waals surface area contributed by atoms with Crippen LogP contribution in [0.3, 0.4) is 0 Å². The second-order valence-electron chi connectivity index (χ2n) is 6.97. The highest BCUT2D eigenvalue weighted by Gasteiger charge is 2.12. The summed E-state index contributed by atoms with van der Waals surface area (Å²) in [5.74, 6) is -0.350. The monoisotopic (exact) mass is 377 g/mol. The minimum absolute atomic E-state index is 0.215. The Hall–Kier alpha value is -3.41. The predicted octanol–water partition coefficient (Wildman–Crippen LogP) is 2.62. The Morgan fingerprint density at radius 2 is 1.46 bits per heavy atom. The van der Waals surface area contributed by atoms with Crippen LogP contribution in [0.25, 0.3) is 0 Å². The number of rotatable bonds is 5. The summed E-state index contributed by atoms with van der Waals surface area (Å²) < 4.78 is 2.48. The Morgan fingerprint density at radius 3 is 2.11 bits per heavy atom. The van der Waals surface area contributed by atoms with Crippen molar-refractivity contribution in [2.75, 3.05) is 5.32 Å². The molecule has 1 heterocycles. The van der Waals surface area contributed by atoms with E-state index in [0.29, 0.717) is 6.54 Å². The molecule has 28 heavy (non-hydrogen) atoms. The number of hydrogen-bond donors (Lipinski definition) is 1. The largest absolute Gasteiger partial charge is 0.324 e. The van der Waals surface area contributed by atoms with Gasteiger partial charge in [0.15, 0.2) is 0 Å². The molecule has 2 aromatic carbocycles. The number of aromatic nitrogens is 2. The van der Waals surface area contributed by atoms with Crippen LogP contribution in [-0.2, 0) is 17.9 Å². The first-order chi connectivity index (χ1) is 13.3. The fraction of sp³-hybridized carbons (Fsp3) is 0.227. The molecule has 0 bridgehead atoms. The number of amides is 1. The van der Waals surface area contributed by atoms with Crippen LogP contribution in [0.5, 0.6) is 0 Å². The highest BCUT2D eigenvalue weighted by atomic mass is 16.2. The number of hydrogen-bond acceptors (Lipinski definition) is 3. The molecular formula is C22H23N3O3. The Labute approximate surface area is 163 Å². The molecule has 1 N–H and O–H groups in total.